The molecule has 0 bridgehead atoms. The monoisotopic (exact) mass is 283 g/mol. The first-order valence-corrected chi connectivity index (χ1v) is 8.06. The minimum Gasteiger partial charge on any atom is -0.337 e. The van der Waals surface area contributed by atoms with Crippen LogP contribution in [0.3, 0.4) is 0 Å². The van der Waals surface area contributed by atoms with E-state index in [0.717, 1.165) is 24.7 Å². The molecule has 2 aromatic rings. The summed E-state index contributed by atoms with van der Waals surface area (Å²) in [5, 5.41) is 7.77. The predicted molar refractivity (Wildman–Crippen MR) is 80.1 cm³/mol. The fourth-order valence-corrected chi connectivity index (χ4v) is 3.62. The minimum absolute atomic E-state index is 0.0554. The molecule has 21 heavy (non-hydrogen) atoms. The van der Waals surface area contributed by atoms with Crippen LogP contribution < -0.4 is 5.32 Å². The summed E-state index contributed by atoms with van der Waals surface area (Å²) in [5.74, 6) is 2.13. The van der Waals surface area contributed by atoms with Gasteiger partial charge < -0.3 is 9.84 Å². The van der Waals surface area contributed by atoms with Crippen molar-refractivity contribution in [3.05, 3.63) is 47.1 Å². The summed E-state index contributed by atoms with van der Waals surface area (Å²) in [4.78, 5) is 4.72. The number of rotatable bonds is 2. The number of hydrogen-bond donors (Lipinski definition) is 1. The highest BCUT2D eigenvalue weighted by atomic mass is 16.5. The fraction of sp³-hybridized carbons (Fsp3) is 0.529. The third-order valence-electron chi connectivity index (χ3n) is 4.78. The molecule has 4 heteroatoms. The van der Waals surface area contributed by atoms with Gasteiger partial charge in [-0.15, -0.1) is 0 Å². The Labute approximate surface area is 124 Å². The first kappa shape index (κ1) is 13.0. The molecule has 2 aliphatic rings. The molecule has 0 radical (unpaired) electrons. The van der Waals surface area contributed by atoms with Gasteiger partial charge in [0, 0.05) is 12.5 Å². The Morgan fingerprint density at radius 1 is 1.10 bits per heavy atom. The molecule has 0 amide bonds. The molecule has 1 unspecified atom stereocenters. The van der Waals surface area contributed by atoms with Crippen LogP contribution in [0.25, 0.3) is 0 Å². The highest BCUT2D eigenvalue weighted by molar-refractivity contribution is 5.35. The number of nitrogens with one attached hydrogen (secondary N) is 1. The smallest absolute Gasteiger partial charge is 0.248 e. The van der Waals surface area contributed by atoms with Crippen LogP contribution in [0.15, 0.2) is 28.8 Å². The number of hydrogen-bond acceptors (Lipinski definition) is 4. The lowest BCUT2D eigenvalue weighted by atomic mass is 9.89. The van der Waals surface area contributed by atoms with Crippen LogP contribution in [0.1, 0.15) is 66.9 Å². The maximum Gasteiger partial charge on any atom is 0.248 e. The van der Waals surface area contributed by atoms with E-state index in [0.29, 0.717) is 5.92 Å². The number of benzene rings is 1. The summed E-state index contributed by atoms with van der Waals surface area (Å²) >= 11 is 0. The van der Waals surface area contributed by atoms with Crippen LogP contribution in [0.4, 0.5) is 0 Å². The Bertz CT molecular complexity index is 616. The molecule has 1 aliphatic carbocycles. The van der Waals surface area contributed by atoms with Crippen molar-refractivity contribution in [2.75, 3.05) is 6.54 Å². The Kier molecular flexibility index (Phi) is 3.47. The molecule has 4 nitrogen and oxygen atoms in total. The van der Waals surface area contributed by atoms with Crippen molar-refractivity contribution < 1.29 is 4.52 Å². The average molecular weight is 283 g/mol. The summed E-state index contributed by atoms with van der Waals surface area (Å²) in [5.41, 5.74) is 2.67. The van der Waals surface area contributed by atoms with Crippen molar-refractivity contribution >= 4 is 0 Å². The molecule has 0 spiro atoms. The highest BCUT2D eigenvalue weighted by Crippen LogP contribution is 2.33. The van der Waals surface area contributed by atoms with E-state index in [1.54, 1.807) is 0 Å². The first-order chi connectivity index (χ1) is 10.4. The van der Waals surface area contributed by atoms with E-state index < -0.39 is 0 Å². The lowest BCUT2D eigenvalue weighted by molar-refractivity contribution is 0.333. The van der Waals surface area contributed by atoms with Crippen molar-refractivity contribution in [2.45, 2.75) is 50.5 Å². The van der Waals surface area contributed by atoms with Gasteiger partial charge in [-0.2, -0.15) is 4.98 Å². The predicted octanol–water partition coefficient (Wildman–Crippen LogP) is 3.35. The van der Waals surface area contributed by atoms with E-state index in [9.17, 15) is 0 Å². The van der Waals surface area contributed by atoms with Crippen molar-refractivity contribution in [1.82, 2.24) is 15.5 Å². The molecule has 2 heterocycles. The zero-order valence-corrected chi connectivity index (χ0v) is 12.2. The number of fused-ring (bicyclic) bond motifs is 1. The SMILES string of the molecule is c1ccc2c(c1)CCNC2c1nc(C2CCCCC2)no1. The Hall–Kier alpha value is -1.68. The van der Waals surface area contributed by atoms with Gasteiger partial charge in [0.25, 0.3) is 0 Å². The molecule has 1 aliphatic heterocycles. The number of aromatic nitrogens is 2. The summed E-state index contributed by atoms with van der Waals surface area (Å²) in [6, 6.07) is 8.60. The van der Waals surface area contributed by atoms with Gasteiger partial charge in [0.1, 0.15) is 6.04 Å². The van der Waals surface area contributed by atoms with Gasteiger partial charge in [0.05, 0.1) is 0 Å². The van der Waals surface area contributed by atoms with Gasteiger partial charge in [0.2, 0.25) is 5.89 Å². The van der Waals surface area contributed by atoms with Gasteiger partial charge in [-0.05, 0) is 30.4 Å². The van der Waals surface area contributed by atoms with E-state index in [-0.39, 0.29) is 6.04 Å². The second kappa shape index (κ2) is 5.60. The van der Waals surface area contributed by atoms with Crippen LogP contribution in [-0.4, -0.2) is 16.7 Å². The molecule has 0 saturated heterocycles. The average Bonchev–Trinajstić information content (AvgIpc) is 3.05. The Morgan fingerprint density at radius 2 is 1.95 bits per heavy atom. The van der Waals surface area contributed by atoms with Gasteiger partial charge in [0.15, 0.2) is 5.82 Å². The minimum atomic E-state index is 0.0554. The first-order valence-electron chi connectivity index (χ1n) is 8.06. The standard InChI is InChI=1S/C17H21N3O/c1-2-7-13(8-3-1)16-19-17(21-20-16)15-14-9-5-4-6-12(14)10-11-18-15/h4-6,9,13,15,18H,1-3,7-8,10-11H2. The van der Waals surface area contributed by atoms with E-state index in [4.69, 9.17) is 9.51 Å². The quantitative estimate of drug-likeness (QED) is 0.918. The van der Waals surface area contributed by atoms with Crippen LogP contribution in [0.5, 0.6) is 0 Å². The molecule has 1 saturated carbocycles. The second-order valence-corrected chi connectivity index (χ2v) is 6.16. The van der Waals surface area contributed by atoms with Gasteiger partial charge in [-0.1, -0.05) is 48.7 Å². The maximum atomic E-state index is 5.59. The second-order valence-electron chi connectivity index (χ2n) is 6.16. The lowest BCUT2D eigenvalue weighted by Crippen LogP contribution is -2.30. The van der Waals surface area contributed by atoms with Gasteiger partial charge >= 0.3 is 0 Å². The van der Waals surface area contributed by atoms with Crippen molar-refractivity contribution in [3.8, 4) is 0 Å². The van der Waals surface area contributed by atoms with Crippen LogP contribution >= 0.6 is 0 Å². The van der Waals surface area contributed by atoms with Crippen molar-refractivity contribution in [3.63, 3.8) is 0 Å². The third kappa shape index (κ3) is 2.48. The van der Waals surface area contributed by atoms with E-state index in [1.807, 2.05) is 0 Å². The highest BCUT2D eigenvalue weighted by Gasteiger charge is 2.28. The molecular weight excluding hydrogens is 262 g/mol. The molecular formula is C17H21N3O. The zero-order valence-electron chi connectivity index (χ0n) is 12.2. The van der Waals surface area contributed by atoms with Gasteiger partial charge in [-0.3, -0.25) is 0 Å². The summed E-state index contributed by atoms with van der Waals surface area (Å²) in [7, 11) is 0. The summed E-state index contributed by atoms with van der Waals surface area (Å²) < 4.78 is 5.59. The Morgan fingerprint density at radius 3 is 2.86 bits per heavy atom. The lowest BCUT2D eigenvalue weighted by Gasteiger charge is -2.24. The normalized spacial score (nSPS) is 23.0. The largest absolute Gasteiger partial charge is 0.337 e. The summed E-state index contributed by atoms with van der Waals surface area (Å²) in [6.45, 7) is 0.961. The third-order valence-corrected chi connectivity index (χ3v) is 4.78. The topological polar surface area (TPSA) is 51.0 Å². The van der Waals surface area contributed by atoms with E-state index >= 15 is 0 Å². The molecule has 4 rings (SSSR count). The van der Waals surface area contributed by atoms with Gasteiger partial charge in [-0.25, -0.2) is 0 Å². The molecule has 110 valence electrons. The van der Waals surface area contributed by atoms with Crippen LogP contribution in [0, 0.1) is 0 Å². The van der Waals surface area contributed by atoms with E-state index in [2.05, 4.69) is 34.7 Å². The maximum absolute atomic E-state index is 5.59. The molecule has 1 atom stereocenters. The molecule has 1 aromatic heterocycles. The number of nitrogens with zero attached hydrogens (tertiary/aromatic N) is 2. The summed E-state index contributed by atoms with van der Waals surface area (Å²) in [6.07, 6.45) is 7.40. The molecule has 1 fully saturated rings. The van der Waals surface area contributed by atoms with Crippen molar-refractivity contribution in [1.29, 1.82) is 0 Å². The van der Waals surface area contributed by atoms with Crippen LogP contribution in [0.2, 0.25) is 0 Å². The molecule has 1 N–H and O–H groups in total. The van der Waals surface area contributed by atoms with E-state index in [1.165, 1.54) is 43.2 Å². The Balaban J connectivity index is 1.61. The zero-order chi connectivity index (χ0) is 14.1. The van der Waals surface area contributed by atoms with Crippen LogP contribution in [-0.2, 0) is 6.42 Å². The fourth-order valence-electron chi connectivity index (χ4n) is 3.62. The molecule has 1 aromatic carbocycles. The van der Waals surface area contributed by atoms with Crippen molar-refractivity contribution in [2.24, 2.45) is 0 Å².